The third-order valence-electron chi connectivity index (χ3n) is 1.55. The van der Waals surface area contributed by atoms with Gasteiger partial charge in [-0.05, 0) is 34.7 Å². The number of hydrogen-bond donors (Lipinski definition) is 0. The maximum Gasteiger partial charge on any atom is 0.321 e. The molecule has 2 rings (SSSR count). The molecule has 0 unspecified atom stereocenters. The standard InChI is InChI=1S/C10H7IN2O/c11-8-6-12-10(13-7-8)14-9-4-2-1-3-5-9/h1-7H. The Morgan fingerprint density at radius 1 is 1.00 bits per heavy atom. The van der Waals surface area contributed by atoms with Crippen molar-refractivity contribution in [3.8, 4) is 11.8 Å². The van der Waals surface area contributed by atoms with Gasteiger partial charge in [0.05, 0.1) is 0 Å². The van der Waals surface area contributed by atoms with Crippen LogP contribution in [0.2, 0.25) is 0 Å². The van der Waals surface area contributed by atoms with Crippen LogP contribution in [0.25, 0.3) is 0 Å². The quantitative estimate of drug-likeness (QED) is 0.800. The average molecular weight is 298 g/mol. The van der Waals surface area contributed by atoms with Crippen molar-refractivity contribution in [1.29, 1.82) is 0 Å². The smallest absolute Gasteiger partial charge is 0.321 e. The van der Waals surface area contributed by atoms with Gasteiger partial charge in [-0.3, -0.25) is 0 Å². The molecule has 3 nitrogen and oxygen atoms in total. The molecule has 0 aliphatic rings. The topological polar surface area (TPSA) is 35.0 Å². The number of aromatic nitrogens is 2. The van der Waals surface area contributed by atoms with Crippen LogP contribution in [-0.4, -0.2) is 9.97 Å². The molecular formula is C10H7IN2O. The van der Waals surface area contributed by atoms with Crippen LogP contribution in [0.1, 0.15) is 0 Å². The van der Waals surface area contributed by atoms with Gasteiger partial charge in [0.1, 0.15) is 5.75 Å². The van der Waals surface area contributed by atoms with Crippen LogP contribution in [-0.2, 0) is 0 Å². The lowest BCUT2D eigenvalue weighted by Crippen LogP contribution is -1.90. The van der Waals surface area contributed by atoms with Crippen LogP contribution in [0, 0.1) is 3.57 Å². The number of benzene rings is 1. The van der Waals surface area contributed by atoms with Crippen LogP contribution in [0.3, 0.4) is 0 Å². The summed E-state index contributed by atoms with van der Waals surface area (Å²) >= 11 is 2.15. The van der Waals surface area contributed by atoms with Crippen LogP contribution in [0.4, 0.5) is 0 Å². The number of halogens is 1. The van der Waals surface area contributed by atoms with E-state index < -0.39 is 0 Å². The summed E-state index contributed by atoms with van der Waals surface area (Å²) in [5.41, 5.74) is 0. The Morgan fingerprint density at radius 2 is 1.64 bits per heavy atom. The first kappa shape index (κ1) is 9.39. The van der Waals surface area contributed by atoms with Gasteiger partial charge in [0.2, 0.25) is 0 Å². The number of rotatable bonds is 2. The summed E-state index contributed by atoms with van der Waals surface area (Å²) in [5, 5.41) is 0. The van der Waals surface area contributed by atoms with Crippen molar-refractivity contribution in [2.24, 2.45) is 0 Å². The molecule has 0 bridgehead atoms. The minimum absolute atomic E-state index is 0.372. The second-order valence-corrected chi connectivity index (χ2v) is 3.84. The Morgan fingerprint density at radius 3 is 2.29 bits per heavy atom. The molecule has 0 N–H and O–H groups in total. The van der Waals surface area contributed by atoms with Gasteiger partial charge in [0.15, 0.2) is 0 Å². The molecular weight excluding hydrogens is 291 g/mol. The lowest BCUT2D eigenvalue weighted by atomic mass is 10.3. The first-order valence-electron chi connectivity index (χ1n) is 4.05. The fraction of sp³-hybridized carbons (Fsp3) is 0. The predicted molar refractivity (Wildman–Crippen MR) is 61.3 cm³/mol. The zero-order valence-corrected chi connectivity index (χ0v) is 9.38. The molecule has 0 fully saturated rings. The first-order valence-corrected chi connectivity index (χ1v) is 5.13. The molecule has 0 spiro atoms. The highest BCUT2D eigenvalue weighted by Gasteiger charge is 1.98. The first-order chi connectivity index (χ1) is 6.84. The maximum absolute atomic E-state index is 5.41. The largest absolute Gasteiger partial charge is 0.424 e. The van der Waals surface area contributed by atoms with Crippen molar-refractivity contribution in [2.75, 3.05) is 0 Å². The summed E-state index contributed by atoms with van der Waals surface area (Å²) in [6.45, 7) is 0. The van der Waals surface area contributed by atoms with Gasteiger partial charge < -0.3 is 4.74 Å². The summed E-state index contributed by atoms with van der Waals surface area (Å²) < 4.78 is 6.40. The second kappa shape index (κ2) is 4.36. The van der Waals surface area contributed by atoms with Gasteiger partial charge in [-0.25, -0.2) is 9.97 Å². The molecule has 2 aromatic rings. The molecule has 0 atom stereocenters. The monoisotopic (exact) mass is 298 g/mol. The molecule has 0 amide bonds. The van der Waals surface area contributed by atoms with E-state index in [-0.39, 0.29) is 0 Å². The number of ether oxygens (including phenoxy) is 1. The third kappa shape index (κ3) is 2.41. The highest BCUT2D eigenvalue weighted by atomic mass is 127. The van der Waals surface area contributed by atoms with Gasteiger partial charge in [-0.2, -0.15) is 0 Å². The predicted octanol–water partition coefficient (Wildman–Crippen LogP) is 2.87. The van der Waals surface area contributed by atoms with E-state index in [1.807, 2.05) is 30.3 Å². The molecule has 1 heterocycles. The fourth-order valence-electron chi connectivity index (χ4n) is 0.947. The van der Waals surface area contributed by atoms with Crippen molar-refractivity contribution in [3.05, 3.63) is 46.3 Å². The molecule has 14 heavy (non-hydrogen) atoms. The SMILES string of the molecule is Ic1cnc(Oc2ccccc2)nc1. The Hall–Kier alpha value is -1.17. The third-order valence-corrected chi connectivity index (χ3v) is 2.11. The van der Waals surface area contributed by atoms with Crippen LogP contribution < -0.4 is 4.74 Å². The van der Waals surface area contributed by atoms with E-state index in [1.165, 1.54) is 0 Å². The summed E-state index contributed by atoms with van der Waals surface area (Å²) in [5.74, 6) is 0.744. The van der Waals surface area contributed by atoms with Crippen LogP contribution >= 0.6 is 22.6 Å². The van der Waals surface area contributed by atoms with Gasteiger partial charge in [0, 0.05) is 16.0 Å². The summed E-state index contributed by atoms with van der Waals surface area (Å²) in [6.07, 6.45) is 3.43. The van der Waals surface area contributed by atoms with E-state index in [1.54, 1.807) is 12.4 Å². The lowest BCUT2D eigenvalue weighted by molar-refractivity contribution is 0.441. The maximum atomic E-state index is 5.41. The number of hydrogen-bond acceptors (Lipinski definition) is 3. The Labute approximate surface area is 95.3 Å². The van der Waals surface area contributed by atoms with Crippen molar-refractivity contribution in [2.45, 2.75) is 0 Å². The summed E-state index contributed by atoms with van der Waals surface area (Å²) in [7, 11) is 0. The summed E-state index contributed by atoms with van der Waals surface area (Å²) in [4.78, 5) is 8.07. The fourth-order valence-corrected chi connectivity index (χ4v) is 1.23. The zero-order valence-electron chi connectivity index (χ0n) is 7.22. The molecule has 1 aromatic carbocycles. The second-order valence-electron chi connectivity index (χ2n) is 2.60. The van der Waals surface area contributed by atoms with Crippen molar-refractivity contribution in [3.63, 3.8) is 0 Å². The van der Waals surface area contributed by atoms with Gasteiger partial charge in [-0.15, -0.1) is 0 Å². The molecule has 0 aliphatic heterocycles. The van der Waals surface area contributed by atoms with E-state index in [0.717, 1.165) is 9.32 Å². The zero-order chi connectivity index (χ0) is 9.80. The van der Waals surface area contributed by atoms with E-state index in [9.17, 15) is 0 Å². The lowest BCUT2D eigenvalue weighted by Gasteiger charge is -2.01. The highest BCUT2D eigenvalue weighted by Crippen LogP contribution is 2.16. The summed E-state index contributed by atoms with van der Waals surface area (Å²) in [6, 6.07) is 9.84. The Bertz CT molecular complexity index is 402. The van der Waals surface area contributed by atoms with Crippen molar-refractivity contribution < 1.29 is 4.74 Å². The van der Waals surface area contributed by atoms with E-state index in [2.05, 4.69) is 32.6 Å². The molecule has 0 saturated heterocycles. The van der Waals surface area contributed by atoms with Gasteiger partial charge >= 0.3 is 6.01 Å². The molecule has 0 aliphatic carbocycles. The van der Waals surface area contributed by atoms with Crippen molar-refractivity contribution >= 4 is 22.6 Å². The minimum Gasteiger partial charge on any atom is -0.424 e. The number of nitrogens with zero attached hydrogens (tertiary/aromatic N) is 2. The van der Waals surface area contributed by atoms with E-state index in [4.69, 9.17) is 4.74 Å². The van der Waals surface area contributed by atoms with Crippen molar-refractivity contribution in [1.82, 2.24) is 9.97 Å². The molecule has 4 heteroatoms. The van der Waals surface area contributed by atoms with Crippen LogP contribution in [0.15, 0.2) is 42.7 Å². The van der Waals surface area contributed by atoms with E-state index >= 15 is 0 Å². The van der Waals surface area contributed by atoms with Gasteiger partial charge in [0.25, 0.3) is 0 Å². The molecule has 0 saturated carbocycles. The van der Waals surface area contributed by atoms with Crippen LogP contribution in [0.5, 0.6) is 11.8 Å². The number of para-hydroxylation sites is 1. The highest BCUT2D eigenvalue weighted by molar-refractivity contribution is 14.1. The van der Waals surface area contributed by atoms with Gasteiger partial charge in [-0.1, -0.05) is 18.2 Å². The molecule has 1 aromatic heterocycles. The Balaban J connectivity index is 2.16. The average Bonchev–Trinajstić information content (AvgIpc) is 2.23. The molecule has 70 valence electrons. The van der Waals surface area contributed by atoms with E-state index in [0.29, 0.717) is 6.01 Å². The minimum atomic E-state index is 0.372. The Kier molecular flexibility index (Phi) is 2.93. The normalized spacial score (nSPS) is 9.79. The molecule has 0 radical (unpaired) electrons.